The molecule has 2 aromatic carbocycles. The van der Waals surface area contributed by atoms with Crippen molar-refractivity contribution in [2.45, 2.75) is 61.3 Å². The van der Waals surface area contributed by atoms with Crippen molar-refractivity contribution in [1.82, 2.24) is 0 Å². The number of carbonyl (C=O) groups excluding carboxylic acids is 2. The molecule has 0 saturated carbocycles. The zero-order valence-corrected chi connectivity index (χ0v) is 19.2. The number of rotatable bonds is 8. The van der Waals surface area contributed by atoms with Crippen LogP contribution in [0, 0.1) is 26.7 Å². The predicted octanol–water partition coefficient (Wildman–Crippen LogP) is 6.86. The first kappa shape index (κ1) is 22.5. The van der Waals surface area contributed by atoms with Crippen LogP contribution < -0.4 is 0 Å². The van der Waals surface area contributed by atoms with Crippen molar-refractivity contribution in [2.75, 3.05) is 6.16 Å². The molecule has 0 aromatic heterocycles. The lowest BCUT2D eigenvalue weighted by Crippen LogP contribution is -2.16. The lowest BCUT2D eigenvalue weighted by atomic mass is 9.98. The van der Waals surface area contributed by atoms with E-state index in [9.17, 15) is 9.59 Å². The maximum Gasteiger partial charge on any atom is 0.192 e. The van der Waals surface area contributed by atoms with Crippen molar-refractivity contribution in [3.63, 3.8) is 0 Å². The lowest BCUT2D eigenvalue weighted by Gasteiger charge is -2.22. The average molecular weight is 397 g/mol. The van der Waals surface area contributed by atoms with Crippen molar-refractivity contribution in [1.29, 1.82) is 0 Å². The third-order valence-corrected chi connectivity index (χ3v) is 7.66. The highest BCUT2D eigenvalue weighted by molar-refractivity contribution is 7.90. The first-order valence-electron chi connectivity index (χ1n) is 10.3. The maximum atomic E-state index is 13.8. The molecule has 0 heterocycles. The average Bonchev–Trinajstić information content (AvgIpc) is 2.63. The van der Waals surface area contributed by atoms with Crippen molar-refractivity contribution >= 4 is 19.0 Å². The van der Waals surface area contributed by atoms with Crippen molar-refractivity contribution in [3.8, 4) is 0 Å². The van der Waals surface area contributed by atoms with E-state index in [4.69, 9.17) is 0 Å². The molecule has 0 bridgehead atoms. The number of hydrogen-bond donors (Lipinski definition) is 0. The van der Waals surface area contributed by atoms with Gasteiger partial charge in [0.25, 0.3) is 0 Å². The van der Waals surface area contributed by atoms with Crippen LogP contribution in [0.25, 0.3) is 0 Å². The van der Waals surface area contributed by atoms with Crippen molar-refractivity contribution in [2.24, 2.45) is 5.92 Å². The van der Waals surface area contributed by atoms with Crippen LogP contribution in [0.3, 0.4) is 0 Å². The Bertz CT molecular complexity index is 835. The summed E-state index contributed by atoms with van der Waals surface area (Å²) in [6.45, 7) is 14.4. The fourth-order valence-electron chi connectivity index (χ4n) is 3.93. The molecule has 0 fully saturated rings. The Morgan fingerprint density at radius 3 is 1.75 bits per heavy atom. The molecule has 0 aliphatic rings. The minimum Gasteiger partial charge on any atom is -0.289 e. The van der Waals surface area contributed by atoms with Gasteiger partial charge in [0.1, 0.15) is 0 Å². The highest BCUT2D eigenvalue weighted by Crippen LogP contribution is 2.47. The van der Waals surface area contributed by atoms with Gasteiger partial charge in [-0.05, 0) is 67.9 Å². The summed E-state index contributed by atoms with van der Waals surface area (Å²) in [6.07, 6.45) is 2.24. The second-order valence-electron chi connectivity index (χ2n) is 8.05. The van der Waals surface area contributed by atoms with Crippen LogP contribution in [-0.4, -0.2) is 17.2 Å². The Labute approximate surface area is 171 Å². The molecule has 0 N–H and O–H groups in total. The minimum atomic E-state index is -1.44. The normalized spacial score (nSPS) is 12.3. The monoisotopic (exact) mass is 396 g/mol. The predicted molar refractivity (Wildman–Crippen MR) is 121 cm³/mol. The van der Waals surface area contributed by atoms with Gasteiger partial charge >= 0.3 is 0 Å². The molecule has 1 unspecified atom stereocenters. The van der Waals surface area contributed by atoms with E-state index in [0.717, 1.165) is 51.8 Å². The van der Waals surface area contributed by atoms with Crippen LogP contribution in [0.1, 0.15) is 76.2 Å². The van der Waals surface area contributed by atoms with Crippen molar-refractivity contribution in [3.05, 3.63) is 69.3 Å². The van der Waals surface area contributed by atoms with E-state index in [1.54, 1.807) is 0 Å². The number of carbonyl (C=O) groups is 2. The SMILES string of the molecule is CCc1cccc(CC)c1C(=O)P(CC(C)C)C(=O)c1c(C)cc(C)cc1C. The zero-order chi connectivity index (χ0) is 21.0. The van der Waals surface area contributed by atoms with E-state index >= 15 is 0 Å². The molecule has 1 atom stereocenters. The summed E-state index contributed by atoms with van der Waals surface area (Å²) in [7, 11) is -1.44. The second-order valence-corrected chi connectivity index (χ2v) is 10.1. The summed E-state index contributed by atoms with van der Waals surface area (Å²) in [5, 5.41) is 0. The Morgan fingerprint density at radius 1 is 0.857 bits per heavy atom. The van der Waals surface area contributed by atoms with Gasteiger partial charge in [0.2, 0.25) is 0 Å². The third-order valence-electron chi connectivity index (χ3n) is 5.14. The van der Waals surface area contributed by atoms with Crippen LogP contribution in [0.15, 0.2) is 30.3 Å². The minimum absolute atomic E-state index is 0.0386. The highest BCUT2D eigenvalue weighted by Gasteiger charge is 2.32. The van der Waals surface area contributed by atoms with Gasteiger partial charge in [-0.3, -0.25) is 9.59 Å². The molecule has 0 spiro atoms. The van der Waals surface area contributed by atoms with Crippen LogP contribution in [0.2, 0.25) is 0 Å². The van der Waals surface area contributed by atoms with Gasteiger partial charge in [0.15, 0.2) is 11.0 Å². The molecule has 0 amide bonds. The molecule has 0 radical (unpaired) electrons. The Balaban J connectivity index is 2.60. The molecule has 2 rings (SSSR count). The summed E-state index contributed by atoms with van der Waals surface area (Å²) in [4.78, 5) is 27.4. The molecule has 0 saturated heterocycles. The highest BCUT2D eigenvalue weighted by atomic mass is 31.1. The van der Waals surface area contributed by atoms with Gasteiger partial charge in [-0.1, -0.05) is 63.6 Å². The van der Waals surface area contributed by atoms with Crippen molar-refractivity contribution < 1.29 is 9.59 Å². The van der Waals surface area contributed by atoms with Gasteiger partial charge in [0, 0.05) is 19.0 Å². The quantitative estimate of drug-likeness (QED) is 0.457. The van der Waals surface area contributed by atoms with E-state index in [2.05, 4.69) is 27.7 Å². The summed E-state index contributed by atoms with van der Waals surface area (Å²) in [6, 6.07) is 10.2. The van der Waals surface area contributed by atoms with E-state index in [1.165, 1.54) is 0 Å². The van der Waals surface area contributed by atoms with Gasteiger partial charge in [0.05, 0.1) is 0 Å². The van der Waals surface area contributed by atoms with E-state index < -0.39 is 7.92 Å². The Morgan fingerprint density at radius 2 is 1.32 bits per heavy atom. The van der Waals surface area contributed by atoms with E-state index in [1.807, 2.05) is 51.1 Å². The smallest absolute Gasteiger partial charge is 0.192 e. The van der Waals surface area contributed by atoms with Crippen LogP contribution in [-0.2, 0) is 12.8 Å². The lowest BCUT2D eigenvalue weighted by molar-refractivity contribution is 0.105. The molecule has 3 heteroatoms. The second kappa shape index (κ2) is 9.61. The molecule has 150 valence electrons. The largest absolute Gasteiger partial charge is 0.289 e. The third kappa shape index (κ3) is 4.78. The fraction of sp³-hybridized carbons (Fsp3) is 0.440. The summed E-state index contributed by atoms with van der Waals surface area (Å²) in [5.74, 6) is 0.295. The molecule has 2 nitrogen and oxygen atoms in total. The molecule has 0 aliphatic heterocycles. The number of benzene rings is 2. The van der Waals surface area contributed by atoms with Crippen LogP contribution in [0.4, 0.5) is 0 Å². The molecular weight excluding hydrogens is 363 g/mol. The zero-order valence-electron chi connectivity index (χ0n) is 18.3. The Hall–Kier alpha value is -1.79. The van der Waals surface area contributed by atoms with Gasteiger partial charge < -0.3 is 0 Å². The summed E-state index contributed by atoms with van der Waals surface area (Å²) < 4.78 is 0. The topological polar surface area (TPSA) is 34.1 Å². The molecular formula is C25H33O2P. The fourth-order valence-corrected chi connectivity index (χ4v) is 6.35. The number of aryl methyl sites for hydroxylation is 5. The van der Waals surface area contributed by atoms with Crippen LogP contribution in [0.5, 0.6) is 0 Å². The first-order valence-corrected chi connectivity index (χ1v) is 11.8. The van der Waals surface area contributed by atoms with Gasteiger partial charge in [-0.2, -0.15) is 0 Å². The van der Waals surface area contributed by atoms with Gasteiger partial charge in [-0.25, -0.2) is 0 Å². The van der Waals surface area contributed by atoms with E-state index in [0.29, 0.717) is 12.1 Å². The maximum absolute atomic E-state index is 13.8. The number of hydrogen-bond acceptors (Lipinski definition) is 2. The standard InChI is InChI=1S/C25H33O2P/c1-8-20-11-10-12-21(9-2)23(20)25(27)28(15-16(3)4)24(26)22-18(6)13-17(5)14-19(22)7/h10-14,16H,8-9,15H2,1-7H3. The van der Waals surface area contributed by atoms with Gasteiger partial charge in [-0.15, -0.1) is 0 Å². The molecule has 2 aromatic rings. The van der Waals surface area contributed by atoms with Crippen LogP contribution >= 0.6 is 7.92 Å². The molecule has 0 aliphatic carbocycles. The summed E-state index contributed by atoms with van der Waals surface area (Å²) >= 11 is 0. The molecule has 28 heavy (non-hydrogen) atoms. The Kier molecular flexibility index (Phi) is 7.72. The summed E-state index contributed by atoms with van der Waals surface area (Å²) in [5.41, 5.74) is 6.87. The first-order chi connectivity index (χ1) is 13.2. The van der Waals surface area contributed by atoms with E-state index in [-0.39, 0.29) is 11.0 Å².